The second kappa shape index (κ2) is 9.23. The van der Waals surface area contributed by atoms with Gasteiger partial charge in [0.25, 0.3) is 0 Å². The molecule has 5 rings (SSSR count). The molecule has 2 fully saturated rings. The molecule has 2 aromatic carbocycles. The number of fused-ring (bicyclic) bond motifs is 1. The maximum Gasteiger partial charge on any atom is 0.338 e. The van der Waals surface area contributed by atoms with Crippen molar-refractivity contribution in [2.24, 2.45) is 5.92 Å². The maximum absolute atomic E-state index is 12.0. The van der Waals surface area contributed by atoms with Crippen molar-refractivity contribution in [1.29, 1.82) is 0 Å². The van der Waals surface area contributed by atoms with E-state index >= 15 is 0 Å². The smallest absolute Gasteiger partial charge is 0.338 e. The third kappa shape index (κ3) is 4.90. The molecule has 0 N–H and O–H groups in total. The van der Waals surface area contributed by atoms with Crippen molar-refractivity contribution < 1.29 is 23.4 Å². The van der Waals surface area contributed by atoms with Gasteiger partial charge in [-0.15, -0.1) is 0 Å². The van der Waals surface area contributed by atoms with Gasteiger partial charge in [-0.3, -0.25) is 0 Å². The van der Waals surface area contributed by atoms with Crippen molar-refractivity contribution in [1.82, 2.24) is 4.98 Å². The summed E-state index contributed by atoms with van der Waals surface area (Å²) in [4.78, 5) is 16.6. The van der Waals surface area contributed by atoms with Gasteiger partial charge >= 0.3 is 5.97 Å². The number of nitrogens with zero attached hydrogens (tertiary/aromatic N) is 1. The molecule has 0 amide bonds. The Morgan fingerprint density at radius 1 is 1.03 bits per heavy atom. The van der Waals surface area contributed by atoms with Crippen LogP contribution in [0, 0.1) is 5.92 Å². The summed E-state index contributed by atoms with van der Waals surface area (Å²) in [5.74, 6) is 3.16. The van der Waals surface area contributed by atoms with E-state index in [0.717, 1.165) is 61.1 Å². The zero-order valence-corrected chi connectivity index (χ0v) is 18.4. The highest BCUT2D eigenvalue weighted by Gasteiger charge is 2.27. The molecule has 0 bridgehead atoms. The number of rotatable bonds is 8. The number of benzene rings is 2. The van der Waals surface area contributed by atoms with Crippen LogP contribution in [0.5, 0.6) is 11.5 Å². The molecule has 1 aromatic heterocycles. The maximum atomic E-state index is 12.0. The summed E-state index contributed by atoms with van der Waals surface area (Å²) in [5.41, 5.74) is 1.89. The second-order valence-corrected chi connectivity index (χ2v) is 8.78. The topological polar surface area (TPSA) is 70.8 Å². The fraction of sp³-hybridized carbons (Fsp3) is 0.462. The zero-order valence-electron chi connectivity index (χ0n) is 18.4. The first kappa shape index (κ1) is 20.9. The Hall–Kier alpha value is -3.02. The molecule has 2 aliphatic carbocycles. The Kier molecular flexibility index (Phi) is 6.02. The van der Waals surface area contributed by atoms with Gasteiger partial charge < -0.3 is 18.6 Å². The second-order valence-electron chi connectivity index (χ2n) is 8.78. The lowest BCUT2D eigenvalue weighted by atomic mass is 9.87. The molecule has 1 heterocycles. The molecule has 0 radical (unpaired) electrons. The molecule has 0 atom stereocenters. The quantitative estimate of drug-likeness (QED) is 0.410. The van der Waals surface area contributed by atoms with E-state index in [4.69, 9.17) is 18.6 Å². The summed E-state index contributed by atoms with van der Waals surface area (Å²) >= 11 is 0. The fourth-order valence-corrected chi connectivity index (χ4v) is 4.21. The van der Waals surface area contributed by atoms with Gasteiger partial charge in [0, 0.05) is 12.0 Å². The van der Waals surface area contributed by atoms with Crippen LogP contribution in [0.15, 0.2) is 46.9 Å². The van der Waals surface area contributed by atoms with Crippen molar-refractivity contribution in [2.45, 2.75) is 57.5 Å². The van der Waals surface area contributed by atoms with Crippen LogP contribution in [0.25, 0.3) is 11.1 Å². The third-order valence-electron chi connectivity index (χ3n) is 6.23. The first-order valence-corrected chi connectivity index (χ1v) is 11.6. The lowest BCUT2D eigenvalue weighted by molar-refractivity contribution is 0.0526. The van der Waals surface area contributed by atoms with E-state index in [2.05, 4.69) is 4.98 Å². The molecular formula is C26H29NO5. The molecule has 168 valence electrons. The number of hydrogen-bond donors (Lipinski definition) is 0. The van der Waals surface area contributed by atoms with Crippen molar-refractivity contribution in [3.05, 3.63) is 53.9 Å². The molecule has 6 nitrogen and oxygen atoms in total. The number of hydrogen-bond acceptors (Lipinski definition) is 6. The number of carbonyl (C=O) groups is 1. The van der Waals surface area contributed by atoms with Gasteiger partial charge in [-0.2, -0.15) is 0 Å². The number of esters is 1. The van der Waals surface area contributed by atoms with Crippen LogP contribution < -0.4 is 9.47 Å². The van der Waals surface area contributed by atoms with E-state index in [9.17, 15) is 4.79 Å². The summed E-state index contributed by atoms with van der Waals surface area (Å²) in [6.45, 7) is 2.95. The van der Waals surface area contributed by atoms with Crippen molar-refractivity contribution in [2.75, 3.05) is 13.2 Å². The number of carbonyl (C=O) groups excluding carboxylic acids is 1. The van der Waals surface area contributed by atoms with Crippen LogP contribution in [0.1, 0.15) is 67.6 Å². The van der Waals surface area contributed by atoms with E-state index in [1.165, 1.54) is 12.8 Å². The minimum atomic E-state index is -0.341. The summed E-state index contributed by atoms with van der Waals surface area (Å²) in [6, 6.07) is 13.3. The van der Waals surface area contributed by atoms with Gasteiger partial charge in [0.1, 0.15) is 17.0 Å². The largest absolute Gasteiger partial charge is 0.493 e. The Balaban J connectivity index is 1.18. The number of oxazole rings is 1. The van der Waals surface area contributed by atoms with E-state index in [-0.39, 0.29) is 18.0 Å². The molecular weight excluding hydrogens is 406 g/mol. The Morgan fingerprint density at radius 3 is 2.62 bits per heavy atom. The molecule has 32 heavy (non-hydrogen) atoms. The van der Waals surface area contributed by atoms with E-state index < -0.39 is 0 Å². The standard InChI is InChI=1S/C26H29NO5/c1-2-29-26(28)19-10-13-23-24(14-19)32-25(27-23)18-8-11-20(12-9-18)31-22-5-3-4-21(15-22)30-16-17-6-7-17/h3-5,10,13-15,17-18,20H,2,6-9,11-12,16H2,1H3. The molecule has 0 unspecified atom stereocenters. The van der Waals surface area contributed by atoms with Gasteiger partial charge in [0.15, 0.2) is 11.5 Å². The van der Waals surface area contributed by atoms with Crippen LogP contribution in [-0.2, 0) is 4.74 Å². The van der Waals surface area contributed by atoms with Gasteiger partial charge in [0.05, 0.1) is 24.9 Å². The number of aromatic nitrogens is 1. The molecule has 2 saturated carbocycles. The lowest BCUT2D eigenvalue weighted by Gasteiger charge is -2.27. The van der Waals surface area contributed by atoms with E-state index in [1.54, 1.807) is 19.1 Å². The molecule has 2 aliphatic rings. The van der Waals surface area contributed by atoms with Crippen molar-refractivity contribution in [3.63, 3.8) is 0 Å². The molecule has 0 spiro atoms. The highest BCUT2D eigenvalue weighted by molar-refractivity contribution is 5.93. The van der Waals surface area contributed by atoms with Crippen LogP contribution in [0.4, 0.5) is 0 Å². The predicted octanol–water partition coefficient (Wildman–Crippen LogP) is 5.90. The average Bonchev–Trinajstić information content (AvgIpc) is 3.55. The van der Waals surface area contributed by atoms with E-state index in [0.29, 0.717) is 17.8 Å². The number of ether oxygens (including phenoxy) is 3. The zero-order chi connectivity index (χ0) is 21.9. The van der Waals surface area contributed by atoms with Gasteiger partial charge in [0.2, 0.25) is 0 Å². The van der Waals surface area contributed by atoms with Gasteiger partial charge in [-0.05, 0) is 81.7 Å². The summed E-state index contributed by atoms with van der Waals surface area (Å²) < 4.78 is 23.2. The Morgan fingerprint density at radius 2 is 1.84 bits per heavy atom. The van der Waals surface area contributed by atoms with E-state index in [1.807, 2.05) is 30.3 Å². The third-order valence-corrected chi connectivity index (χ3v) is 6.23. The minimum Gasteiger partial charge on any atom is -0.493 e. The van der Waals surface area contributed by atoms with Crippen LogP contribution in [0.3, 0.4) is 0 Å². The molecule has 3 aromatic rings. The molecule has 0 saturated heterocycles. The summed E-state index contributed by atoms with van der Waals surface area (Å²) in [6.07, 6.45) is 6.57. The average molecular weight is 436 g/mol. The molecule has 0 aliphatic heterocycles. The predicted molar refractivity (Wildman–Crippen MR) is 120 cm³/mol. The van der Waals surface area contributed by atoms with Crippen LogP contribution in [0.2, 0.25) is 0 Å². The van der Waals surface area contributed by atoms with Gasteiger partial charge in [-0.25, -0.2) is 9.78 Å². The Bertz CT molecular complexity index is 1080. The summed E-state index contributed by atoms with van der Waals surface area (Å²) in [7, 11) is 0. The first-order chi connectivity index (χ1) is 15.7. The highest BCUT2D eigenvalue weighted by Crippen LogP contribution is 2.36. The van der Waals surface area contributed by atoms with Gasteiger partial charge in [-0.1, -0.05) is 6.07 Å². The van der Waals surface area contributed by atoms with Crippen LogP contribution >= 0.6 is 0 Å². The Labute approximate surface area is 187 Å². The lowest BCUT2D eigenvalue weighted by Crippen LogP contribution is -2.23. The normalized spacial score (nSPS) is 20.8. The highest BCUT2D eigenvalue weighted by atomic mass is 16.5. The van der Waals surface area contributed by atoms with Crippen molar-refractivity contribution >= 4 is 17.1 Å². The SMILES string of the molecule is CCOC(=O)c1ccc2nc(C3CCC(Oc4cccc(OCC5CC5)c4)CC3)oc2c1. The minimum absolute atomic E-state index is 0.185. The van der Waals surface area contributed by atoms with Crippen molar-refractivity contribution in [3.8, 4) is 11.5 Å². The monoisotopic (exact) mass is 435 g/mol. The fourth-order valence-electron chi connectivity index (χ4n) is 4.21. The molecule has 6 heteroatoms. The first-order valence-electron chi connectivity index (χ1n) is 11.6. The summed E-state index contributed by atoms with van der Waals surface area (Å²) in [5, 5.41) is 0. The van der Waals surface area contributed by atoms with Crippen LogP contribution in [-0.4, -0.2) is 30.3 Å².